The van der Waals surface area contributed by atoms with Crippen molar-refractivity contribution in [1.82, 2.24) is 4.98 Å². The zero-order valence-electron chi connectivity index (χ0n) is 16.3. The minimum Gasteiger partial charge on any atom is -0.256 e. The predicted molar refractivity (Wildman–Crippen MR) is 120 cm³/mol. The molecule has 1 nitrogen and oxygen atoms in total. The highest BCUT2D eigenvalue weighted by atomic mass is 14.7. The third-order valence-electron chi connectivity index (χ3n) is 5.69. The largest absolute Gasteiger partial charge is 0.256 e. The molecule has 138 valence electrons. The predicted octanol–water partition coefficient (Wildman–Crippen LogP) is 4.94. The van der Waals surface area contributed by atoms with Crippen molar-refractivity contribution in [1.29, 1.82) is 0 Å². The lowest BCUT2D eigenvalue weighted by molar-refractivity contribution is 0.600. The first-order valence-corrected chi connectivity index (χ1v) is 9.71. The third-order valence-corrected chi connectivity index (χ3v) is 5.69. The summed E-state index contributed by atoms with van der Waals surface area (Å²) in [5.41, 5.74) is 5.73. The Hall–Kier alpha value is -3.19. The van der Waals surface area contributed by atoms with Crippen molar-refractivity contribution in [3.05, 3.63) is 118 Å². The Kier molecular flexibility index (Phi) is 4.83. The van der Waals surface area contributed by atoms with Crippen molar-refractivity contribution in [3.63, 3.8) is 0 Å². The first-order valence-electron chi connectivity index (χ1n) is 9.71. The second kappa shape index (κ2) is 7.44. The lowest BCUT2D eigenvalue weighted by Crippen LogP contribution is -2.32. The fraction of sp³-hybridized carbons (Fsp3) is 0.148. The maximum Gasteiger partial charge on any atom is 0.0737 e. The molecule has 0 amide bonds. The summed E-state index contributed by atoms with van der Waals surface area (Å²) in [6, 6.07) is 8.18. The van der Waals surface area contributed by atoms with Gasteiger partial charge in [-0.3, -0.25) is 4.98 Å². The maximum absolute atomic E-state index is 4.83. The topological polar surface area (TPSA) is 12.9 Å². The number of hydrogen-bond donors (Lipinski definition) is 0. The number of allylic oxidation sites excluding steroid dienone is 11. The molecule has 0 saturated carbocycles. The van der Waals surface area contributed by atoms with Gasteiger partial charge in [-0.05, 0) is 45.2 Å². The van der Waals surface area contributed by atoms with Crippen molar-refractivity contribution < 1.29 is 0 Å². The van der Waals surface area contributed by atoms with Gasteiger partial charge in [0, 0.05) is 18.0 Å². The molecule has 1 aromatic heterocycles. The van der Waals surface area contributed by atoms with Crippen LogP contribution in [0.25, 0.3) is 18.7 Å². The monoisotopic (exact) mass is 363 g/mol. The smallest absolute Gasteiger partial charge is 0.0737 e. The molecule has 3 atom stereocenters. The Balaban J connectivity index is 2.10. The summed E-state index contributed by atoms with van der Waals surface area (Å²) in [4.78, 5) is 4.83. The van der Waals surface area contributed by atoms with Gasteiger partial charge in [-0.15, -0.1) is 0 Å². The SMILES string of the molecule is C=C1C=C2c3nccc(=C)cccc(c3=C)C3C=CC=C(C(C)/C=C\C=C/1)C23. The minimum atomic E-state index is 0.229. The van der Waals surface area contributed by atoms with Crippen LogP contribution in [0.15, 0.2) is 96.8 Å². The second-order valence-electron chi connectivity index (χ2n) is 7.59. The van der Waals surface area contributed by atoms with Crippen LogP contribution >= 0.6 is 0 Å². The van der Waals surface area contributed by atoms with E-state index >= 15 is 0 Å². The van der Waals surface area contributed by atoms with Crippen LogP contribution in [0.1, 0.15) is 24.1 Å². The van der Waals surface area contributed by atoms with Gasteiger partial charge >= 0.3 is 0 Å². The second-order valence-corrected chi connectivity index (χ2v) is 7.59. The van der Waals surface area contributed by atoms with Gasteiger partial charge in [0.25, 0.3) is 0 Å². The fourth-order valence-electron chi connectivity index (χ4n) is 4.29. The molecule has 0 radical (unpaired) electrons. The average molecular weight is 364 g/mol. The standard InChI is InChI=1S/C27H25N/c1-18-10-7-13-23-21(4)27(28-16-15-18)25-17-19(2)9-5-6-11-20(3)22-12-8-14-24(23)26(22)25/h5-17,20,24,26H,1-2,4H2,3H3/b9-5-,10-7?,11-6-,16-15?,23-13?,25-17?,28-27?. The van der Waals surface area contributed by atoms with Crippen LogP contribution in [0, 0.1) is 11.8 Å². The number of nitrogens with zero attached hydrogens (tertiary/aromatic N) is 1. The van der Waals surface area contributed by atoms with E-state index in [0.717, 1.165) is 21.7 Å². The highest BCUT2D eigenvalue weighted by Gasteiger charge is 2.36. The average Bonchev–Trinajstić information content (AvgIpc) is 2.68. The lowest BCUT2D eigenvalue weighted by atomic mass is 9.66. The van der Waals surface area contributed by atoms with Gasteiger partial charge in [-0.25, -0.2) is 0 Å². The van der Waals surface area contributed by atoms with Gasteiger partial charge in [0.2, 0.25) is 0 Å². The van der Waals surface area contributed by atoms with Gasteiger partial charge in [0.05, 0.1) is 5.69 Å². The quantitative estimate of drug-likeness (QED) is 0.636. The highest BCUT2D eigenvalue weighted by Crippen LogP contribution is 2.46. The zero-order chi connectivity index (χ0) is 19.7. The van der Waals surface area contributed by atoms with Crippen molar-refractivity contribution in [3.8, 4) is 0 Å². The molecule has 28 heavy (non-hydrogen) atoms. The summed E-state index contributed by atoms with van der Waals surface area (Å²) in [5.74, 6) is 0.809. The molecular formula is C27H25N. The van der Waals surface area contributed by atoms with Crippen molar-refractivity contribution in [2.45, 2.75) is 12.8 Å². The first kappa shape index (κ1) is 18.2. The Labute approximate surface area is 167 Å². The summed E-state index contributed by atoms with van der Waals surface area (Å²) < 4.78 is 0. The summed E-state index contributed by atoms with van der Waals surface area (Å²) >= 11 is 0. The summed E-state index contributed by atoms with van der Waals surface area (Å²) in [5, 5.41) is 1.91. The molecule has 0 saturated heterocycles. The molecule has 2 bridgehead atoms. The van der Waals surface area contributed by atoms with Crippen LogP contribution in [0.3, 0.4) is 0 Å². The molecule has 0 spiro atoms. The Bertz CT molecular complexity index is 1140. The Morgan fingerprint density at radius 2 is 1.82 bits per heavy atom. The Morgan fingerprint density at radius 3 is 2.68 bits per heavy atom. The summed E-state index contributed by atoms with van der Waals surface area (Å²) in [6.07, 6.45) is 19.2. The molecule has 4 rings (SSSR count). The highest BCUT2D eigenvalue weighted by molar-refractivity contribution is 5.76. The normalized spacial score (nSPS) is 26.9. The van der Waals surface area contributed by atoms with Crippen LogP contribution in [0.5, 0.6) is 0 Å². The van der Waals surface area contributed by atoms with Crippen LogP contribution in [-0.2, 0) is 0 Å². The van der Waals surface area contributed by atoms with Gasteiger partial charge in [0.15, 0.2) is 0 Å². The third kappa shape index (κ3) is 3.25. The van der Waals surface area contributed by atoms with E-state index in [4.69, 9.17) is 4.98 Å². The molecular weight excluding hydrogens is 338 g/mol. The molecule has 0 aromatic carbocycles. The van der Waals surface area contributed by atoms with E-state index in [9.17, 15) is 0 Å². The molecule has 3 aliphatic carbocycles. The Morgan fingerprint density at radius 1 is 0.964 bits per heavy atom. The first-order chi connectivity index (χ1) is 13.6. The van der Waals surface area contributed by atoms with Crippen molar-refractivity contribution in [2.24, 2.45) is 11.8 Å². The van der Waals surface area contributed by atoms with Gasteiger partial charge < -0.3 is 0 Å². The van der Waals surface area contributed by atoms with E-state index in [2.05, 4.69) is 81.3 Å². The molecule has 0 fully saturated rings. The van der Waals surface area contributed by atoms with E-state index in [-0.39, 0.29) is 11.8 Å². The number of rotatable bonds is 0. The van der Waals surface area contributed by atoms with E-state index in [1.807, 2.05) is 24.4 Å². The van der Waals surface area contributed by atoms with Crippen molar-refractivity contribution in [2.75, 3.05) is 0 Å². The van der Waals surface area contributed by atoms with E-state index in [1.165, 1.54) is 16.7 Å². The van der Waals surface area contributed by atoms with E-state index in [1.54, 1.807) is 0 Å². The molecule has 1 aromatic rings. The summed E-state index contributed by atoms with van der Waals surface area (Å²) in [7, 11) is 0. The number of hydrogen-bond acceptors (Lipinski definition) is 1. The van der Waals surface area contributed by atoms with Crippen LogP contribution in [0.2, 0.25) is 0 Å². The van der Waals surface area contributed by atoms with Gasteiger partial charge in [0.1, 0.15) is 0 Å². The maximum atomic E-state index is 4.83. The van der Waals surface area contributed by atoms with Gasteiger partial charge in [-0.1, -0.05) is 93.0 Å². The minimum absolute atomic E-state index is 0.229. The van der Waals surface area contributed by atoms with E-state index < -0.39 is 0 Å². The molecule has 0 aliphatic heterocycles. The summed E-state index contributed by atoms with van der Waals surface area (Å²) in [6.45, 7) is 15.0. The molecule has 1 heteroatoms. The molecule has 1 heterocycles. The van der Waals surface area contributed by atoms with Gasteiger partial charge in [-0.2, -0.15) is 0 Å². The fourth-order valence-corrected chi connectivity index (χ4v) is 4.29. The van der Waals surface area contributed by atoms with Crippen molar-refractivity contribution >= 4 is 18.7 Å². The molecule has 3 unspecified atom stereocenters. The number of aromatic nitrogens is 1. The van der Waals surface area contributed by atoms with Crippen LogP contribution in [-0.4, -0.2) is 4.98 Å². The molecule has 3 aliphatic rings. The van der Waals surface area contributed by atoms with E-state index in [0.29, 0.717) is 5.92 Å². The van der Waals surface area contributed by atoms with Crippen LogP contribution in [0.4, 0.5) is 0 Å². The molecule has 0 N–H and O–H groups in total. The zero-order valence-corrected chi connectivity index (χ0v) is 16.3. The van der Waals surface area contributed by atoms with Crippen LogP contribution < -0.4 is 10.4 Å². The lowest BCUT2D eigenvalue weighted by Gasteiger charge is -2.37. The number of fused-ring (bicyclic) bond motifs is 4.